The minimum atomic E-state index is -0.404. The normalized spacial score (nSPS) is 23.3. The lowest BCUT2D eigenvalue weighted by molar-refractivity contribution is -0.175. The molecule has 1 aromatic carbocycles. The van der Waals surface area contributed by atoms with Gasteiger partial charge in [0.1, 0.15) is 6.04 Å². The Bertz CT molecular complexity index is 773. The highest BCUT2D eigenvalue weighted by atomic mass is 32.2. The smallest absolute Gasteiger partial charge is 0.246 e. The molecule has 0 radical (unpaired) electrons. The van der Waals surface area contributed by atoms with Gasteiger partial charge < -0.3 is 19.3 Å². The monoisotopic (exact) mass is 460 g/mol. The molecule has 6 nitrogen and oxygen atoms in total. The quantitative estimate of drug-likeness (QED) is 0.528. The van der Waals surface area contributed by atoms with E-state index in [-0.39, 0.29) is 23.9 Å². The highest BCUT2D eigenvalue weighted by Gasteiger charge is 2.43. The fourth-order valence-electron chi connectivity index (χ4n) is 5.35. The predicted octanol–water partition coefficient (Wildman–Crippen LogP) is 3.47. The van der Waals surface area contributed by atoms with Crippen LogP contribution in [0.2, 0.25) is 0 Å². The van der Waals surface area contributed by atoms with Crippen LogP contribution in [0.5, 0.6) is 0 Å². The third-order valence-corrected chi connectivity index (χ3v) is 7.98. The molecule has 2 aliphatic heterocycles. The largest absolute Gasteiger partial charge is 0.351 e. The van der Waals surface area contributed by atoms with Gasteiger partial charge in [-0.25, -0.2) is 0 Å². The van der Waals surface area contributed by atoms with Crippen LogP contribution in [-0.2, 0) is 31.9 Å². The second kappa shape index (κ2) is 11.0. The van der Waals surface area contributed by atoms with Gasteiger partial charge in [0.15, 0.2) is 6.29 Å². The number of hydrogen-bond acceptors (Lipinski definition) is 5. The molecule has 176 valence electrons. The molecular formula is C25H36N2O4S. The summed E-state index contributed by atoms with van der Waals surface area (Å²) in [6, 6.07) is 8.16. The van der Waals surface area contributed by atoms with Crippen LogP contribution < -0.4 is 0 Å². The zero-order valence-corrected chi connectivity index (χ0v) is 20.1. The van der Waals surface area contributed by atoms with Crippen molar-refractivity contribution >= 4 is 23.6 Å². The second-order valence-electron chi connectivity index (χ2n) is 8.98. The lowest BCUT2D eigenvalue weighted by Gasteiger charge is -2.34. The molecule has 0 unspecified atom stereocenters. The molecule has 2 heterocycles. The number of amides is 2. The average molecular weight is 461 g/mol. The summed E-state index contributed by atoms with van der Waals surface area (Å²) in [4.78, 5) is 30.4. The van der Waals surface area contributed by atoms with Gasteiger partial charge in [0.25, 0.3) is 0 Å². The predicted molar refractivity (Wildman–Crippen MR) is 126 cm³/mol. The Hall–Kier alpha value is -1.57. The van der Waals surface area contributed by atoms with Gasteiger partial charge in [0.05, 0.1) is 11.9 Å². The minimum absolute atomic E-state index is 0.0588. The van der Waals surface area contributed by atoms with Crippen LogP contribution in [-0.4, -0.2) is 71.4 Å². The Labute approximate surface area is 196 Å². The summed E-state index contributed by atoms with van der Waals surface area (Å²) in [7, 11) is 0. The van der Waals surface area contributed by atoms with Gasteiger partial charge in [-0.1, -0.05) is 24.3 Å². The van der Waals surface area contributed by atoms with E-state index in [9.17, 15) is 9.59 Å². The summed E-state index contributed by atoms with van der Waals surface area (Å²) in [5, 5.41) is 0. The van der Waals surface area contributed by atoms with E-state index in [0.717, 1.165) is 37.9 Å². The van der Waals surface area contributed by atoms with E-state index in [1.807, 2.05) is 23.6 Å². The summed E-state index contributed by atoms with van der Waals surface area (Å²) < 4.78 is 11.6. The number of hydrogen-bond donors (Lipinski definition) is 0. The van der Waals surface area contributed by atoms with Crippen molar-refractivity contribution in [2.24, 2.45) is 5.92 Å². The first-order valence-electron chi connectivity index (χ1n) is 12.1. The molecule has 2 fully saturated rings. The Morgan fingerprint density at radius 2 is 1.78 bits per heavy atom. The fourth-order valence-corrected chi connectivity index (χ4v) is 6.55. The number of fused-ring (bicyclic) bond motifs is 1. The van der Waals surface area contributed by atoms with E-state index in [1.54, 1.807) is 11.8 Å². The highest BCUT2D eigenvalue weighted by molar-refractivity contribution is 7.99. The molecule has 1 aromatic rings. The summed E-state index contributed by atoms with van der Waals surface area (Å²) in [5.41, 5.74) is 2.85. The van der Waals surface area contributed by atoms with Crippen LogP contribution >= 0.6 is 11.8 Å². The Morgan fingerprint density at radius 1 is 1.09 bits per heavy atom. The van der Waals surface area contributed by atoms with Crippen molar-refractivity contribution in [3.8, 4) is 0 Å². The van der Waals surface area contributed by atoms with Crippen molar-refractivity contribution in [2.75, 3.05) is 31.4 Å². The SMILES string of the molecule is CCOC(OCC)[C@@H]1CSCN1C(=O)[C@@H]1CCCN1C(=O)CCC1Cc2ccccc2C1. The number of rotatable bonds is 9. The molecular weight excluding hydrogens is 424 g/mol. The van der Waals surface area contributed by atoms with Crippen molar-refractivity contribution < 1.29 is 19.1 Å². The molecule has 0 bridgehead atoms. The zero-order chi connectivity index (χ0) is 22.5. The van der Waals surface area contributed by atoms with E-state index in [2.05, 4.69) is 24.3 Å². The number of likely N-dealkylation sites (tertiary alicyclic amines) is 1. The maximum absolute atomic E-state index is 13.5. The van der Waals surface area contributed by atoms with E-state index in [1.165, 1.54) is 11.1 Å². The maximum Gasteiger partial charge on any atom is 0.246 e. The standard InChI is InChI=1S/C25H36N2O4S/c1-3-30-25(31-4-2)22-16-32-17-27(22)24(29)21-10-7-13-26(21)23(28)12-11-18-14-19-8-5-6-9-20(19)15-18/h5-6,8-9,18,21-22,25H,3-4,7,10-17H2,1-2H3/t21-,22-/m0/s1. The topological polar surface area (TPSA) is 59.1 Å². The summed E-state index contributed by atoms with van der Waals surface area (Å²) >= 11 is 1.73. The van der Waals surface area contributed by atoms with E-state index in [0.29, 0.717) is 38.0 Å². The first-order valence-corrected chi connectivity index (χ1v) is 13.3. The highest BCUT2D eigenvalue weighted by Crippen LogP contribution is 2.32. The molecule has 0 N–H and O–H groups in total. The van der Waals surface area contributed by atoms with Crippen molar-refractivity contribution in [3.05, 3.63) is 35.4 Å². The molecule has 2 amide bonds. The van der Waals surface area contributed by atoms with Gasteiger partial charge in [-0.3, -0.25) is 9.59 Å². The van der Waals surface area contributed by atoms with Crippen LogP contribution in [0.15, 0.2) is 24.3 Å². The molecule has 0 aromatic heterocycles. The maximum atomic E-state index is 13.5. The van der Waals surface area contributed by atoms with Crippen molar-refractivity contribution in [3.63, 3.8) is 0 Å². The number of nitrogens with zero attached hydrogens (tertiary/aromatic N) is 2. The number of carbonyl (C=O) groups is 2. The first-order chi connectivity index (χ1) is 15.6. The Morgan fingerprint density at radius 3 is 2.44 bits per heavy atom. The van der Waals surface area contributed by atoms with Crippen molar-refractivity contribution in [1.29, 1.82) is 0 Å². The Balaban J connectivity index is 1.34. The minimum Gasteiger partial charge on any atom is -0.351 e. The molecule has 7 heteroatoms. The average Bonchev–Trinajstić information content (AvgIpc) is 3.55. The summed E-state index contributed by atoms with van der Waals surface area (Å²) in [6.45, 7) is 5.67. The Kier molecular flexibility index (Phi) is 8.13. The molecule has 2 atom stereocenters. The van der Waals surface area contributed by atoms with E-state index >= 15 is 0 Å². The number of carbonyl (C=O) groups excluding carboxylic acids is 2. The molecule has 0 saturated carbocycles. The first kappa shape index (κ1) is 23.6. The zero-order valence-electron chi connectivity index (χ0n) is 19.3. The molecule has 1 aliphatic carbocycles. The number of ether oxygens (including phenoxy) is 2. The van der Waals surface area contributed by atoms with Crippen LogP contribution in [0.4, 0.5) is 0 Å². The van der Waals surface area contributed by atoms with Gasteiger partial charge in [-0.05, 0) is 63.0 Å². The second-order valence-corrected chi connectivity index (χ2v) is 9.98. The van der Waals surface area contributed by atoms with Crippen LogP contribution in [0, 0.1) is 5.92 Å². The molecule has 2 saturated heterocycles. The fraction of sp³-hybridized carbons (Fsp3) is 0.680. The summed E-state index contributed by atoms with van der Waals surface area (Å²) in [5.74, 6) is 2.17. The number of benzene rings is 1. The number of thioether (sulfide) groups is 1. The van der Waals surface area contributed by atoms with Gasteiger partial charge in [0, 0.05) is 31.9 Å². The van der Waals surface area contributed by atoms with Gasteiger partial charge in [-0.2, -0.15) is 0 Å². The lowest BCUT2D eigenvalue weighted by Crippen LogP contribution is -2.53. The molecule has 3 aliphatic rings. The van der Waals surface area contributed by atoms with Crippen molar-refractivity contribution in [2.45, 2.75) is 70.7 Å². The van der Waals surface area contributed by atoms with E-state index < -0.39 is 6.29 Å². The van der Waals surface area contributed by atoms with Gasteiger partial charge >= 0.3 is 0 Å². The van der Waals surface area contributed by atoms with Crippen molar-refractivity contribution in [1.82, 2.24) is 9.80 Å². The lowest BCUT2D eigenvalue weighted by atomic mass is 9.99. The third kappa shape index (κ3) is 5.15. The molecule has 4 rings (SSSR count). The van der Waals surface area contributed by atoms with Gasteiger partial charge in [-0.15, -0.1) is 11.8 Å². The third-order valence-electron chi connectivity index (χ3n) is 6.94. The van der Waals surface area contributed by atoms with Crippen LogP contribution in [0.1, 0.15) is 50.7 Å². The van der Waals surface area contributed by atoms with Gasteiger partial charge in [0.2, 0.25) is 11.8 Å². The van der Waals surface area contributed by atoms with Crippen LogP contribution in [0.25, 0.3) is 0 Å². The summed E-state index contributed by atoms with van der Waals surface area (Å²) in [6.07, 6.45) is 4.79. The van der Waals surface area contributed by atoms with E-state index in [4.69, 9.17) is 9.47 Å². The molecule has 0 spiro atoms. The molecule has 32 heavy (non-hydrogen) atoms. The van der Waals surface area contributed by atoms with Crippen LogP contribution in [0.3, 0.4) is 0 Å².